The summed E-state index contributed by atoms with van der Waals surface area (Å²) in [6.45, 7) is -0.119. The highest BCUT2D eigenvalue weighted by atomic mass is 35.5. The van der Waals surface area contributed by atoms with Crippen LogP contribution in [0.5, 0.6) is 5.75 Å². The van der Waals surface area contributed by atoms with Crippen LogP contribution in [0.3, 0.4) is 0 Å². The summed E-state index contributed by atoms with van der Waals surface area (Å²) in [4.78, 5) is 10.9. The highest BCUT2D eigenvalue weighted by Crippen LogP contribution is 2.28. The van der Waals surface area contributed by atoms with Crippen LogP contribution in [0, 0.1) is 17.1 Å². The van der Waals surface area contributed by atoms with E-state index in [1.807, 2.05) is 0 Å². The zero-order chi connectivity index (χ0) is 14.5. The molecule has 2 rings (SSSR count). The van der Waals surface area contributed by atoms with Crippen molar-refractivity contribution in [1.29, 1.82) is 5.26 Å². The summed E-state index contributed by atoms with van der Waals surface area (Å²) >= 11 is 5.94. The van der Waals surface area contributed by atoms with Crippen molar-refractivity contribution in [2.24, 2.45) is 0 Å². The van der Waals surface area contributed by atoms with Gasteiger partial charge in [0.25, 0.3) is 0 Å². The first-order valence-corrected chi connectivity index (χ1v) is 6.09. The first-order valence-electron chi connectivity index (χ1n) is 5.71. The molecule has 2 aromatic carbocycles. The Hall–Kier alpha value is -2.38. The molecule has 0 bridgehead atoms. The number of benzene rings is 2. The zero-order valence-electron chi connectivity index (χ0n) is 10.3. The van der Waals surface area contributed by atoms with Crippen LogP contribution in [0.1, 0.15) is 21.5 Å². The standard InChI is InChI=1S/C15H9ClFNO2/c16-13-6-2-4-11(8-19)15(13)20-9-12-5-1-3-10(7-18)14(12)17/h1-6,8H,9H2. The van der Waals surface area contributed by atoms with Gasteiger partial charge in [-0.05, 0) is 18.2 Å². The van der Waals surface area contributed by atoms with Crippen LogP contribution in [-0.4, -0.2) is 6.29 Å². The van der Waals surface area contributed by atoms with Gasteiger partial charge in [0.2, 0.25) is 0 Å². The van der Waals surface area contributed by atoms with E-state index in [1.165, 1.54) is 12.1 Å². The zero-order valence-corrected chi connectivity index (χ0v) is 11.0. The van der Waals surface area contributed by atoms with Gasteiger partial charge in [0, 0.05) is 5.56 Å². The molecule has 0 saturated carbocycles. The number of para-hydroxylation sites is 1. The van der Waals surface area contributed by atoms with E-state index in [2.05, 4.69) is 0 Å². The summed E-state index contributed by atoms with van der Waals surface area (Å²) in [5.41, 5.74) is 0.455. The molecule has 0 atom stereocenters. The van der Waals surface area contributed by atoms with Gasteiger partial charge in [-0.3, -0.25) is 4.79 Å². The third kappa shape index (κ3) is 2.79. The second-order valence-electron chi connectivity index (χ2n) is 3.96. The van der Waals surface area contributed by atoms with E-state index in [0.717, 1.165) is 0 Å². The third-order valence-electron chi connectivity index (χ3n) is 2.70. The summed E-state index contributed by atoms with van der Waals surface area (Å²) in [6, 6.07) is 11.0. The highest BCUT2D eigenvalue weighted by molar-refractivity contribution is 6.32. The first-order chi connectivity index (χ1) is 9.67. The van der Waals surface area contributed by atoms with Gasteiger partial charge in [-0.2, -0.15) is 5.26 Å². The fraction of sp³-hybridized carbons (Fsp3) is 0.0667. The number of nitriles is 1. The van der Waals surface area contributed by atoms with Crippen LogP contribution < -0.4 is 4.74 Å². The maximum atomic E-state index is 13.9. The molecular weight excluding hydrogens is 281 g/mol. The van der Waals surface area contributed by atoms with E-state index in [4.69, 9.17) is 21.6 Å². The summed E-state index contributed by atoms with van der Waals surface area (Å²) < 4.78 is 19.3. The molecule has 0 aromatic heterocycles. The number of hydrogen-bond acceptors (Lipinski definition) is 3. The lowest BCUT2D eigenvalue weighted by atomic mass is 10.1. The Kier molecular flexibility index (Phi) is 4.34. The number of carbonyl (C=O) groups is 1. The Morgan fingerprint density at radius 1 is 1.30 bits per heavy atom. The average molecular weight is 290 g/mol. The molecule has 0 spiro atoms. The Bertz CT molecular complexity index is 695. The molecule has 2 aromatic rings. The summed E-state index contributed by atoms with van der Waals surface area (Å²) in [6.07, 6.45) is 0.614. The number of rotatable bonds is 4. The average Bonchev–Trinajstić information content (AvgIpc) is 2.47. The molecule has 100 valence electrons. The van der Waals surface area contributed by atoms with E-state index in [1.54, 1.807) is 30.3 Å². The van der Waals surface area contributed by atoms with Crippen molar-refractivity contribution in [1.82, 2.24) is 0 Å². The Morgan fingerprint density at radius 2 is 2.05 bits per heavy atom. The van der Waals surface area contributed by atoms with Crippen LogP contribution >= 0.6 is 11.6 Å². The smallest absolute Gasteiger partial charge is 0.153 e. The molecule has 0 fully saturated rings. The maximum absolute atomic E-state index is 13.9. The van der Waals surface area contributed by atoms with E-state index >= 15 is 0 Å². The third-order valence-corrected chi connectivity index (χ3v) is 2.99. The van der Waals surface area contributed by atoms with Crippen LogP contribution in [0.2, 0.25) is 5.02 Å². The predicted molar refractivity (Wildman–Crippen MR) is 72.3 cm³/mol. The highest BCUT2D eigenvalue weighted by Gasteiger charge is 2.11. The SMILES string of the molecule is N#Cc1cccc(COc2c(Cl)cccc2C=O)c1F. The van der Waals surface area contributed by atoms with Crippen LogP contribution in [0.4, 0.5) is 4.39 Å². The molecule has 0 aliphatic heterocycles. The second kappa shape index (κ2) is 6.18. The lowest BCUT2D eigenvalue weighted by Crippen LogP contribution is -2.02. The topological polar surface area (TPSA) is 50.1 Å². The molecule has 0 saturated heterocycles. The summed E-state index contributed by atoms with van der Waals surface area (Å²) in [5.74, 6) is -0.430. The van der Waals surface area contributed by atoms with E-state index < -0.39 is 5.82 Å². The maximum Gasteiger partial charge on any atom is 0.153 e. The Morgan fingerprint density at radius 3 is 2.75 bits per heavy atom. The molecule has 0 N–H and O–H groups in total. The molecule has 0 aliphatic carbocycles. The van der Waals surface area contributed by atoms with E-state index in [-0.39, 0.29) is 34.1 Å². The summed E-state index contributed by atoms with van der Waals surface area (Å²) in [7, 11) is 0. The number of halogens is 2. The molecule has 0 radical (unpaired) electrons. The number of ether oxygens (including phenoxy) is 1. The summed E-state index contributed by atoms with van der Waals surface area (Å²) in [5, 5.41) is 9.03. The fourth-order valence-electron chi connectivity index (χ4n) is 1.70. The van der Waals surface area contributed by atoms with Crippen molar-refractivity contribution in [3.8, 4) is 11.8 Å². The number of carbonyl (C=O) groups excluding carboxylic acids is 1. The quantitative estimate of drug-likeness (QED) is 0.806. The van der Waals surface area contributed by atoms with Gasteiger partial charge in [-0.25, -0.2) is 4.39 Å². The molecule has 20 heavy (non-hydrogen) atoms. The molecule has 3 nitrogen and oxygen atoms in total. The van der Waals surface area contributed by atoms with Gasteiger partial charge in [0.05, 0.1) is 16.1 Å². The monoisotopic (exact) mass is 289 g/mol. The largest absolute Gasteiger partial charge is 0.486 e. The van der Waals surface area contributed by atoms with Crippen molar-refractivity contribution < 1.29 is 13.9 Å². The van der Waals surface area contributed by atoms with Gasteiger partial charge in [0.1, 0.15) is 24.2 Å². The minimum absolute atomic E-state index is 0.0548. The Balaban J connectivity index is 2.26. The molecule has 0 amide bonds. The molecule has 5 heteroatoms. The lowest BCUT2D eigenvalue weighted by Gasteiger charge is -2.11. The number of aldehydes is 1. The molecule has 0 aliphatic rings. The van der Waals surface area contributed by atoms with E-state index in [9.17, 15) is 9.18 Å². The number of hydrogen-bond donors (Lipinski definition) is 0. The van der Waals surface area contributed by atoms with Crippen LogP contribution in [0.25, 0.3) is 0 Å². The fourth-order valence-corrected chi connectivity index (χ4v) is 1.93. The predicted octanol–water partition coefficient (Wildman–Crippen LogP) is 3.74. The van der Waals surface area contributed by atoms with E-state index in [0.29, 0.717) is 6.29 Å². The normalized spacial score (nSPS) is 9.85. The van der Waals surface area contributed by atoms with Gasteiger partial charge < -0.3 is 4.74 Å². The lowest BCUT2D eigenvalue weighted by molar-refractivity contribution is 0.111. The van der Waals surface area contributed by atoms with Crippen molar-refractivity contribution >= 4 is 17.9 Å². The second-order valence-corrected chi connectivity index (χ2v) is 4.36. The molecular formula is C15H9ClFNO2. The van der Waals surface area contributed by atoms with Crippen molar-refractivity contribution in [3.63, 3.8) is 0 Å². The van der Waals surface area contributed by atoms with Gasteiger partial charge in [0.15, 0.2) is 6.29 Å². The van der Waals surface area contributed by atoms with Crippen LogP contribution in [-0.2, 0) is 6.61 Å². The van der Waals surface area contributed by atoms with Crippen LogP contribution in [0.15, 0.2) is 36.4 Å². The Labute approximate surface area is 120 Å². The van der Waals surface area contributed by atoms with Crippen molar-refractivity contribution in [2.45, 2.75) is 6.61 Å². The molecule has 0 heterocycles. The number of nitrogens with zero attached hydrogens (tertiary/aromatic N) is 1. The van der Waals surface area contributed by atoms with Gasteiger partial charge in [-0.15, -0.1) is 0 Å². The van der Waals surface area contributed by atoms with Gasteiger partial charge in [-0.1, -0.05) is 29.8 Å². The minimum Gasteiger partial charge on any atom is -0.486 e. The van der Waals surface area contributed by atoms with Crippen molar-refractivity contribution in [3.05, 3.63) is 63.9 Å². The van der Waals surface area contributed by atoms with Crippen molar-refractivity contribution in [2.75, 3.05) is 0 Å². The first kappa shape index (κ1) is 14.0. The molecule has 0 unspecified atom stereocenters. The minimum atomic E-state index is -0.630. The van der Waals surface area contributed by atoms with Gasteiger partial charge >= 0.3 is 0 Å².